The Kier molecular flexibility index (Phi) is 1.56. The van der Waals surface area contributed by atoms with Crippen LogP contribution in [0.1, 0.15) is 0 Å². The van der Waals surface area contributed by atoms with Gasteiger partial charge in [-0.3, -0.25) is 5.06 Å². The second-order valence-electron chi connectivity index (χ2n) is 0.920. The number of primary amides is 1. The van der Waals surface area contributed by atoms with E-state index in [0.29, 0.717) is 0 Å². The molecule has 0 aromatic carbocycles. The van der Waals surface area contributed by atoms with Crippen LogP contribution in [-0.4, -0.2) is 13.1 Å². The molecule has 2 amide bonds. The first-order valence-electron chi connectivity index (χ1n) is 1.45. The highest BCUT2D eigenvalue weighted by Crippen LogP contribution is 1.31. The fourth-order valence-electron chi connectivity index (χ4n) is 0. The van der Waals surface area contributed by atoms with E-state index in [0.717, 1.165) is 7.05 Å². The third kappa shape index (κ3) is 1.68. The number of hydrogen-bond donors (Lipinski definition) is 2. The molecule has 6 heavy (non-hydrogen) atoms. The van der Waals surface area contributed by atoms with Gasteiger partial charge in [-0.05, 0) is 0 Å². The molecule has 0 aromatic rings. The van der Waals surface area contributed by atoms with Gasteiger partial charge in [0.2, 0.25) is 0 Å². The highest BCUT2D eigenvalue weighted by Gasteiger charge is 1.90. The number of rotatable bonds is 0. The summed E-state index contributed by atoms with van der Waals surface area (Å²) in [5, 5.41) is 9.07. The summed E-state index contributed by atoms with van der Waals surface area (Å²) in [7, 11) is 1.13. The topological polar surface area (TPSA) is 70.6 Å². The Morgan fingerprint density at radius 3 is 2.17 bits per heavy atom. The Morgan fingerprint density at radius 1 is 2.00 bits per heavy atom. The molecule has 0 saturated heterocycles. The first kappa shape index (κ1) is 5.39. The second-order valence-corrected chi connectivity index (χ2v) is 0.920. The Balaban J connectivity index is 3.26. The van der Waals surface area contributed by atoms with Gasteiger partial charge in [0.15, 0.2) is 0 Å². The van der Waals surface area contributed by atoms with Crippen molar-refractivity contribution in [3.63, 3.8) is 0 Å². The van der Waals surface area contributed by atoms with Gasteiger partial charge in [-0.1, -0.05) is 0 Å². The molecule has 0 bridgehead atoms. The van der Waals surface area contributed by atoms with Crippen LogP contribution >= 0.6 is 0 Å². The number of carbonyl (C=O) groups excluding carboxylic acids is 1. The molecular weight excluding hydrogens is 84.0 g/mol. The summed E-state index contributed by atoms with van der Waals surface area (Å²) in [6, 6.07) is -0.880. The molecule has 1 atom stereocenters. The highest BCUT2D eigenvalue weighted by atomic mass is 16.5. The third-order valence-electron chi connectivity index (χ3n) is 0.347. The third-order valence-corrected chi connectivity index (χ3v) is 0.347. The number of hydroxylamine groups is 2. The number of nitrogens with two attached hydrogens (primary N) is 1. The fourth-order valence-corrected chi connectivity index (χ4v) is 0. The van der Waals surface area contributed by atoms with Crippen molar-refractivity contribution in [1.29, 1.82) is 0 Å². The van der Waals surface area contributed by atoms with Gasteiger partial charge in [0.1, 0.15) is 0 Å². The van der Waals surface area contributed by atoms with Crippen molar-refractivity contribution in [3.8, 4) is 0 Å². The van der Waals surface area contributed by atoms with Gasteiger partial charge in [-0.15, -0.1) is 0 Å². The van der Waals surface area contributed by atoms with Crippen LogP contribution in [0.4, 0.5) is 4.79 Å². The number of hydrogen-bond acceptors (Lipinski definition) is 2. The number of quaternary nitrogens is 1. The first-order chi connectivity index (χ1) is 2.64. The van der Waals surface area contributed by atoms with Crippen LogP contribution in [0.15, 0.2) is 0 Å². The standard InChI is InChI=1S/C2H6N2O2/c1-4(6)2(3)5/h4H,1H3,(H2,3,5). The molecule has 1 unspecified atom stereocenters. The largest absolute Gasteiger partial charge is 0.626 e. The maximum absolute atomic E-state index is 9.67. The van der Waals surface area contributed by atoms with Crippen LogP contribution in [0, 0.1) is 5.21 Å². The first-order valence-corrected chi connectivity index (χ1v) is 1.45. The van der Waals surface area contributed by atoms with Crippen molar-refractivity contribution >= 4 is 6.03 Å². The monoisotopic (exact) mass is 90.0 g/mol. The number of urea groups is 1. The SMILES string of the molecule is C[NH+]([O-])C(N)=O. The molecule has 0 saturated carbocycles. The minimum atomic E-state index is -0.880. The molecule has 0 aliphatic rings. The number of carbonyl (C=O) groups is 1. The van der Waals surface area contributed by atoms with E-state index < -0.39 is 11.1 Å². The molecular formula is C2H6N2O2. The Bertz CT molecular complexity index is 60.6. The second kappa shape index (κ2) is 1.74. The zero-order valence-corrected chi connectivity index (χ0v) is 3.39. The summed E-state index contributed by atoms with van der Waals surface area (Å²) in [6.45, 7) is 0. The predicted octanol–water partition coefficient (Wildman–Crippen LogP) is -1.92. The molecule has 0 fully saturated rings. The molecule has 0 rings (SSSR count). The molecule has 3 N–H and O–H groups in total. The summed E-state index contributed by atoms with van der Waals surface area (Å²) in [5.74, 6) is 0. The fraction of sp³-hybridized carbons (Fsp3) is 0.500. The van der Waals surface area contributed by atoms with E-state index in [2.05, 4.69) is 5.73 Å². The lowest BCUT2D eigenvalue weighted by atomic mass is 11.0. The highest BCUT2D eigenvalue weighted by molar-refractivity contribution is 5.61. The van der Waals surface area contributed by atoms with Gasteiger partial charge in [0.05, 0.1) is 7.05 Å². The van der Waals surface area contributed by atoms with E-state index in [1.165, 1.54) is 0 Å². The molecule has 0 spiro atoms. The molecule has 0 heterocycles. The zero-order valence-electron chi connectivity index (χ0n) is 3.39. The van der Waals surface area contributed by atoms with Crippen LogP contribution in [0.25, 0.3) is 0 Å². The van der Waals surface area contributed by atoms with Gasteiger partial charge >= 0.3 is 6.03 Å². The summed E-state index contributed by atoms with van der Waals surface area (Å²) in [4.78, 5) is 9.57. The lowest BCUT2D eigenvalue weighted by Crippen LogP contribution is -3.08. The van der Waals surface area contributed by atoms with Crippen LogP contribution < -0.4 is 10.8 Å². The van der Waals surface area contributed by atoms with Crippen LogP contribution in [0.5, 0.6) is 0 Å². The molecule has 0 aliphatic carbocycles. The summed E-state index contributed by atoms with van der Waals surface area (Å²) >= 11 is 0. The lowest BCUT2D eigenvalue weighted by molar-refractivity contribution is -0.732. The molecule has 4 nitrogen and oxygen atoms in total. The van der Waals surface area contributed by atoms with E-state index >= 15 is 0 Å². The van der Waals surface area contributed by atoms with Crippen molar-refractivity contribution < 1.29 is 9.86 Å². The smallest absolute Gasteiger partial charge is 0.412 e. The van der Waals surface area contributed by atoms with E-state index in [1.807, 2.05) is 0 Å². The Hall–Kier alpha value is -0.610. The van der Waals surface area contributed by atoms with Gasteiger partial charge in [0.25, 0.3) is 0 Å². The molecule has 0 radical (unpaired) electrons. The van der Waals surface area contributed by atoms with Crippen molar-refractivity contribution in [1.82, 2.24) is 0 Å². The average Bonchev–Trinajstić information content (AvgIpc) is 1.36. The van der Waals surface area contributed by atoms with E-state index in [1.54, 1.807) is 0 Å². The maximum Gasteiger partial charge on any atom is 0.412 e. The van der Waals surface area contributed by atoms with Gasteiger partial charge < -0.3 is 10.9 Å². The zero-order chi connectivity index (χ0) is 5.15. The average molecular weight is 90.1 g/mol. The van der Waals surface area contributed by atoms with Crippen molar-refractivity contribution in [2.45, 2.75) is 0 Å². The predicted molar refractivity (Wildman–Crippen MR) is 19.8 cm³/mol. The van der Waals surface area contributed by atoms with Crippen molar-refractivity contribution in [2.24, 2.45) is 5.73 Å². The molecule has 36 valence electrons. The summed E-state index contributed by atoms with van der Waals surface area (Å²) < 4.78 is 0. The lowest BCUT2D eigenvalue weighted by Gasteiger charge is -2.06. The van der Waals surface area contributed by atoms with Crippen molar-refractivity contribution in [3.05, 3.63) is 5.21 Å². The van der Waals surface area contributed by atoms with Crippen LogP contribution in [-0.2, 0) is 0 Å². The number of nitrogens with one attached hydrogen (secondary N) is 1. The van der Waals surface area contributed by atoms with E-state index in [-0.39, 0.29) is 0 Å². The minimum absolute atomic E-state index is 0.602. The van der Waals surface area contributed by atoms with Crippen LogP contribution in [0.2, 0.25) is 0 Å². The van der Waals surface area contributed by atoms with Crippen LogP contribution in [0.3, 0.4) is 0 Å². The van der Waals surface area contributed by atoms with Crippen molar-refractivity contribution in [2.75, 3.05) is 7.05 Å². The summed E-state index contributed by atoms with van der Waals surface area (Å²) in [6.07, 6.45) is 0. The molecule has 0 aliphatic heterocycles. The van der Waals surface area contributed by atoms with Gasteiger partial charge in [-0.2, -0.15) is 0 Å². The molecule has 0 aromatic heterocycles. The van der Waals surface area contributed by atoms with E-state index in [9.17, 15) is 10.0 Å². The van der Waals surface area contributed by atoms with Gasteiger partial charge in [-0.25, -0.2) is 4.79 Å². The molecule has 4 heteroatoms. The normalized spacial score (nSPS) is 13.7. The minimum Gasteiger partial charge on any atom is -0.626 e. The Labute approximate surface area is 35.1 Å². The van der Waals surface area contributed by atoms with E-state index in [4.69, 9.17) is 0 Å². The Morgan fingerprint density at radius 2 is 2.17 bits per heavy atom. The maximum atomic E-state index is 9.67. The summed E-state index contributed by atoms with van der Waals surface area (Å²) in [5.41, 5.74) is 4.45. The quantitative estimate of drug-likeness (QED) is 0.340. The number of amides is 2. The van der Waals surface area contributed by atoms with Gasteiger partial charge in [0, 0.05) is 0 Å².